The third-order valence-electron chi connectivity index (χ3n) is 5.14. The van der Waals surface area contributed by atoms with E-state index >= 15 is 0 Å². The van der Waals surface area contributed by atoms with Crippen LogP contribution in [0.5, 0.6) is 5.75 Å². The van der Waals surface area contributed by atoms with Gasteiger partial charge in [-0.2, -0.15) is 0 Å². The highest BCUT2D eigenvalue weighted by Crippen LogP contribution is 2.44. The van der Waals surface area contributed by atoms with Crippen LogP contribution < -0.4 is 9.46 Å². The summed E-state index contributed by atoms with van der Waals surface area (Å²) in [6.45, 7) is 1.95. The number of nitrogens with one attached hydrogen (secondary N) is 1. The maximum atomic E-state index is 13.6. The second-order valence-corrected chi connectivity index (χ2v) is 9.84. The summed E-state index contributed by atoms with van der Waals surface area (Å²) in [5, 5.41) is 9.80. The normalized spacial score (nSPS) is 17.8. The molecule has 1 aliphatic carbocycles. The fourth-order valence-electron chi connectivity index (χ4n) is 3.60. The largest absolute Gasteiger partial charge is 0.495 e. The lowest BCUT2D eigenvalue weighted by atomic mass is 9.85. The monoisotopic (exact) mass is 413 g/mol. The second-order valence-electron chi connectivity index (χ2n) is 6.99. The molecule has 1 unspecified atom stereocenters. The molecular formula is C19H24FNO4S2. The third kappa shape index (κ3) is 4.18. The Labute approximate surface area is 163 Å². The average Bonchev–Trinajstić information content (AvgIpc) is 3.30. The van der Waals surface area contributed by atoms with E-state index in [0.29, 0.717) is 0 Å². The van der Waals surface area contributed by atoms with Gasteiger partial charge in [-0.05, 0) is 50.1 Å². The van der Waals surface area contributed by atoms with Crippen molar-refractivity contribution >= 4 is 21.4 Å². The summed E-state index contributed by atoms with van der Waals surface area (Å²) in [5.74, 6) is -0.525. The van der Waals surface area contributed by atoms with Crippen molar-refractivity contribution in [2.24, 2.45) is 0 Å². The second kappa shape index (κ2) is 7.87. The fourth-order valence-corrected chi connectivity index (χ4v) is 6.09. The molecule has 27 heavy (non-hydrogen) atoms. The smallest absolute Gasteiger partial charge is 0.244 e. The minimum Gasteiger partial charge on any atom is -0.495 e. The number of aliphatic hydroxyl groups excluding tert-OH is 1. The summed E-state index contributed by atoms with van der Waals surface area (Å²) >= 11 is 1.52. The van der Waals surface area contributed by atoms with E-state index < -0.39 is 21.9 Å². The lowest BCUT2D eigenvalue weighted by Crippen LogP contribution is -2.38. The number of thiophene rings is 1. The van der Waals surface area contributed by atoms with Crippen molar-refractivity contribution in [1.29, 1.82) is 0 Å². The highest BCUT2D eigenvalue weighted by molar-refractivity contribution is 7.89. The van der Waals surface area contributed by atoms with Crippen LogP contribution in [0.2, 0.25) is 0 Å². The molecule has 1 saturated carbocycles. The topological polar surface area (TPSA) is 75.6 Å². The van der Waals surface area contributed by atoms with Gasteiger partial charge in [0.2, 0.25) is 10.0 Å². The Morgan fingerprint density at radius 2 is 2.00 bits per heavy atom. The molecule has 0 amide bonds. The number of sulfonamides is 1. The maximum absolute atomic E-state index is 13.6. The van der Waals surface area contributed by atoms with Crippen molar-refractivity contribution in [2.45, 2.75) is 49.0 Å². The van der Waals surface area contributed by atoms with Crippen molar-refractivity contribution in [3.8, 4) is 5.75 Å². The molecule has 0 aliphatic heterocycles. The Bertz CT molecular complexity index is 902. The first-order valence-corrected chi connectivity index (χ1v) is 11.2. The molecule has 3 rings (SSSR count). The summed E-state index contributed by atoms with van der Waals surface area (Å²) < 4.78 is 47.0. The molecule has 0 saturated heterocycles. The predicted molar refractivity (Wildman–Crippen MR) is 103 cm³/mol. The van der Waals surface area contributed by atoms with E-state index in [1.54, 1.807) is 6.92 Å². The molecule has 1 heterocycles. The van der Waals surface area contributed by atoms with Crippen molar-refractivity contribution in [3.63, 3.8) is 0 Å². The number of hydrogen-bond donors (Lipinski definition) is 2. The highest BCUT2D eigenvalue weighted by Gasteiger charge is 2.38. The molecule has 2 N–H and O–H groups in total. The van der Waals surface area contributed by atoms with E-state index in [-0.39, 0.29) is 22.6 Å². The minimum absolute atomic E-state index is 0.108. The average molecular weight is 414 g/mol. The quantitative estimate of drug-likeness (QED) is 0.725. The van der Waals surface area contributed by atoms with E-state index in [2.05, 4.69) is 4.72 Å². The Balaban J connectivity index is 1.87. The third-order valence-corrected chi connectivity index (χ3v) is 8.06. The molecule has 0 spiro atoms. The lowest BCUT2D eigenvalue weighted by molar-refractivity contribution is 0.203. The SMILES string of the molecule is COc1ccc(F)cc1S(=O)(=O)NCC1(c2ccc(C(C)O)s2)CCCC1. The first-order chi connectivity index (χ1) is 12.8. The van der Waals surface area contributed by atoms with Crippen molar-refractivity contribution < 1.29 is 22.7 Å². The van der Waals surface area contributed by atoms with Crippen LogP contribution in [-0.2, 0) is 15.4 Å². The molecule has 0 radical (unpaired) electrons. The van der Waals surface area contributed by atoms with Crippen LogP contribution in [0.1, 0.15) is 48.5 Å². The Kier molecular flexibility index (Phi) is 5.90. The first kappa shape index (κ1) is 20.3. The summed E-state index contributed by atoms with van der Waals surface area (Å²) in [6.07, 6.45) is 3.24. The highest BCUT2D eigenvalue weighted by atomic mass is 32.2. The van der Waals surface area contributed by atoms with E-state index in [9.17, 15) is 17.9 Å². The van der Waals surface area contributed by atoms with Gasteiger partial charge in [0.1, 0.15) is 16.5 Å². The van der Waals surface area contributed by atoms with Gasteiger partial charge in [-0.1, -0.05) is 12.8 Å². The molecule has 1 atom stereocenters. The van der Waals surface area contributed by atoms with Crippen LogP contribution in [0, 0.1) is 5.82 Å². The van der Waals surface area contributed by atoms with Gasteiger partial charge >= 0.3 is 0 Å². The van der Waals surface area contributed by atoms with Gasteiger partial charge < -0.3 is 9.84 Å². The number of hydrogen-bond acceptors (Lipinski definition) is 5. The van der Waals surface area contributed by atoms with Crippen LogP contribution in [-0.4, -0.2) is 27.2 Å². The number of ether oxygens (including phenoxy) is 1. The summed E-state index contributed by atoms with van der Waals surface area (Å²) in [4.78, 5) is 1.74. The fraction of sp³-hybridized carbons (Fsp3) is 0.474. The van der Waals surface area contributed by atoms with E-state index in [4.69, 9.17) is 4.74 Å². The molecule has 148 valence electrons. The zero-order chi connectivity index (χ0) is 19.7. The van der Waals surface area contributed by atoms with Crippen LogP contribution in [0.4, 0.5) is 4.39 Å². The molecule has 1 aromatic heterocycles. The van der Waals surface area contributed by atoms with Crippen LogP contribution >= 0.6 is 11.3 Å². The van der Waals surface area contributed by atoms with Gasteiger partial charge in [0.05, 0.1) is 13.2 Å². The Hall–Kier alpha value is -1.48. The number of halogens is 1. The van der Waals surface area contributed by atoms with Crippen molar-refractivity contribution in [2.75, 3.05) is 13.7 Å². The Morgan fingerprint density at radius 3 is 2.59 bits per heavy atom. The van der Waals surface area contributed by atoms with Gasteiger partial charge in [0.25, 0.3) is 0 Å². The zero-order valence-electron chi connectivity index (χ0n) is 15.4. The van der Waals surface area contributed by atoms with Gasteiger partial charge in [-0.25, -0.2) is 17.5 Å². The zero-order valence-corrected chi connectivity index (χ0v) is 17.0. The summed E-state index contributed by atoms with van der Waals surface area (Å²) in [6, 6.07) is 7.33. The molecule has 0 bridgehead atoms. The van der Waals surface area contributed by atoms with E-state index in [0.717, 1.165) is 41.5 Å². The van der Waals surface area contributed by atoms with Crippen LogP contribution in [0.3, 0.4) is 0 Å². The summed E-state index contributed by atoms with van der Waals surface area (Å²) in [7, 11) is -2.57. The van der Waals surface area contributed by atoms with Gasteiger partial charge in [-0.15, -0.1) is 11.3 Å². The standard InChI is InChI=1S/C19H24FNO4S2/c1-13(22)16-7-8-18(26-16)19(9-3-4-10-19)12-21-27(23,24)17-11-14(20)5-6-15(17)25-2/h5-8,11,13,21-22H,3-4,9-10,12H2,1-2H3. The van der Waals surface area contributed by atoms with Crippen LogP contribution in [0.15, 0.2) is 35.2 Å². The summed E-state index contributed by atoms with van der Waals surface area (Å²) in [5.41, 5.74) is -0.300. The van der Waals surface area contributed by atoms with E-state index in [1.807, 2.05) is 12.1 Å². The van der Waals surface area contributed by atoms with Crippen molar-refractivity contribution in [1.82, 2.24) is 4.72 Å². The maximum Gasteiger partial charge on any atom is 0.244 e. The molecule has 5 nitrogen and oxygen atoms in total. The molecular weight excluding hydrogens is 389 g/mol. The van der Waals surface area contributed by atoms with Crippen LogP contribution in [0.25, 0.3) is 0 Å². The molecule has 2 aromatic rings. The molecule has 1 fully saturated rings. The number of rotatable bonds is 7. The molecule has 1 aromatic carbocycles. The Morgan fingerprint density at radius 1 is 1.30 bits per heavy atom. The molecule has 8 heteroatoms. The number of aliphatic hydroxyl groups is 1. The number of methoxy groups -OCH3 is 1. The van der Waals surface area contributed by atoms with Gasteiger partial charge in [-0.3, -0.25) is 0 Å². The van der Waals surface area contributed by atoms with Gasteiger partial charge in [0, 0.05) is 21.7 Å². The van der Waals surface area contributed by atoms with Gasteiger partial charge in [0.15, 0.2) is 0 Å². The van der Waals surface area contributed by atoms with Crippen molar-refractivity contribution in [3.05, 3.63) is 45.9 Å². The van der Waals surface area contributed by atoms with E-state index in [1.165, 1.54) is 30.6 Å². The first-order valence-electron chi connectivity index (χ1n) is 8.89. The number of benzene rings is 1. The molecule has 1 aliphatic rings. The predicted octanol–water partition coefficient (Wildman–Crippen LogP) is 3.74. The minimum atomic E-state index is -3.93. The lowest BCUT2D eigenvalue weighted by Gasteiger charge is -2.28.